The molecule has 98 valence electrons. The van der Waals surface area contributed by atoms with E-state index in [9.17, 15) is 14.0 Å². The van der Waals surface area contributed by atoms with Crippen molar-refractivity contribution in [3.8, 4) is 0 Å². The van der Waals surface area contributed by atoms with E-state index in [-0.39, 0.29) is 17.5 Å². The van der Waals surface area contributed by atoms with Gasteiger partial charge in [-0.3, -0.25) is 4.79 Å². The lowest BCUT2D eigenvalue weighted by Crippen LogP contribution is -2.41. The summed E-state index contributed by atoms with van der Waals surface area (Å²) < 4.78 is 12.9. The van der Waals surface area contributed by atoms with Crippen molar-refractivity contribution in [1.82, 2.24) is 5.32 Å². The van der Waals surface area contributed by atoms with Crippen molar-refractivity contribution in [2.24, 2.45) is 0 Å². The van der Waals surface area contributed by atoms with E-state index in [1.165, 1.54) is 30.8 Å². The highest BCUT2D eigenvalue weighted by Gasteiger charge is 2.17. The highest BCUT2D eigenvalue weighted by atomic mass is 32.2. The van der Waals surface area contributed by atoms with Crippen molar-refractivity contribution in [1.29, 1.82) is 0 Å². The number of hydrogen-bond acceptors (Lipinski definition) is 3. The molecule has 1 rings (SSSR count). The Balaban J connectivity index is 2.43. The third-order valence-electron chi connectivity index (χ3n) is 2.12. The molecule has 1 atom stereocenters. The minimum absolute atomic E-state index is 0.241. The Labute approximate surface area is 109 Å². The van der Waals surface area contributed by atoms with Crippen molar-refractivity contribution in [3.63, 3.8) is 0 Å². The Hall–Kier alpha value is -1.56. The third kappa shape index (κ3) is 5.18. The van der Waals surface area contributed by atoms with Crippen molar-refractivity contribution in [2.45, 2.75) is 18.7 Å². The molecule has 0 saturated heterocycles. The molecule has 4 nitrogen and oxygen atoms in total. The number of carbonyl (C=O) groups is 2. The molecule has 0 saturated carbocycles. The summed E-state index contributed by atoms with van der Waals surface area (Å²) in [5.74, 6) is -1.03. The number of amides is 1. The molecule has 0 aliphatic carbocycles. The number of rotatable bonds is 6. The number of aliphatic carboxylic acids is 1. The molecule has 2 N–H and O–H groups in total. The van der Waals surface area contributed by atoms with Gasteiger partial charge in [-0.2, -0.15) is 11.8 Å². The van der Waals surface area contributed by atoms with Crippen molar-refractivity contribution < 1.29 is 19.1 Å². The number of carboxylic acid groups (broad SMARTS) is 1. The Kier molecular flexibility index (Phi) is 5.64. The zero-order valence-corrected chi connectivity index (χ0v) is 10.7. The maximum absolute atomic E-state index is 12.9. The number of hydrogen-bond donors (Lipinski definition) is 2. The van der Waals surface area contributed by atoms with E-state index in [0.29, 0.717) is 5.75 Å². The Morgan fingerprint density at radius 2 is 2.22 bits per heavy atom. The molecule has 1 aromatic carbocycles. The van der Waals surface area contributed by atoms with Crippen LogP contribution in [0.15, 0.2) is 24.3 Å². The van der Waals surface area contributed by atoms with Crippen LogP contribution in [0.25, 0.3) is 0 Å². The molecule has 0 radical (unpaired) electrons. The van der Waals surface area contributed by atoms with E-state index < -0.39 is 12.0 Å². The van der Waals surface area contributed by atoms with Gasteiger partial charge >= 0.3 is 5.97 Å². The lowest BCUT2D eigenvalue weighted by atomic mass is 10.2. The summed E-state index contributed by atoms with van der Waals surface area (Å²) in [5, 5.41) is 11.2. The van der Waals surface area contributed by atoms with Gasteiger partial charge in [0.15, 0.2) is 0 Å². The molecule has 0 aromatic heterocycles. The first-order valence-corrected chi connectivity index (χ1v) is 6.46. The molecule has 1 aromatic rings. The van der Waals surface area contributed by atoms with Gasteiger partial charge in [-0.05, 0) is 17.7 Å². The Morgan fingerprint density at radius 1 is 1.50 bits per heavy atom. The smallest absolute Gasteiger partial charge is 0.327 e. The summed E-state index contributed by atoms with van der Waals surface area (Å²) in [6.45, 7) is 1.27. The number of carbonyl (C=O) groups excluding carboxylic acids is 1. The second-order valence-electron chi connectivity index (χ2n) is 3.74. The van der Waals surface area contributed by atoms with Gasteiger partial charge in [0, 0.05) is 18.4 Å². The summed E-state index contributed by atoms with van der Waals surface area (Å²) in [6.07, 6.45) is 0. The van der Waals surface area contributed by atoms with Gasteiger partial charge in [-0.25, -0.2) is 9.18 Å². The van der Waals surface area contributed by atoms with Gasteiger partial charge in [0.1, 0.15) is 11.9 Å². The summed E-state index contributed by atoms with van der Waals surface area (Å²) in [7, 11) is 0. The molecule has 0 aliphatic rings. The predicted octanol–water partition coefficient (Wildman–Crippen LogP) is 1.65. The Morgan fingerprint density at radius 3 is 2.78 bits per heavy atom. The van der Waals surface area contributed by atoms with Crippen LogP contribution in [0, 0.1) is 5.82 Å². The molecule has 0 aliphatic heterocycles. The first kappa shape index (κ1) is 14.5. The van der Waals surface area contributed by atoms with E-state index >= 15 is 0 Å². The molecule has 1 amide bonds. The highest BCUT2D eigenvalue weighted by Crippen LogP contribution is 2.14. The predicted molar refractivity (Wildman–Crippen MR) is 67.8 cm³/mol. The lowest BCUT2D eigenvalue weighted by molar-refractivity contribution is -0.140. The van der Waals surface area contributed by atoms with Crippen LogP contribution in [0.4, 0.5) is 4.39 Å². The first-order chi connectivity index (χ1) is 8.49. The van der Waals surface area contributed by atoms with Gasteiger partial charge in [0.05, 0.1) is 0 Å². The molecular formula is C12H14FNO3S. The fourth-order valence-electron chi connectivity index (χ4n) is 1.34. The molecular weight excluding hydrogens is 257 g/mol. The average molecular weight is 271 g/mol. The average Bonchev–Trinajstić information content (AvgIpc) is 2.27. The fraction of sp³-hybridized carbons (Fsp3) is 0.333. The highest BCUT2D eigenvalue weighted by molar-refractivity contribution is 7.98. The van der Waals surface area contributed by atoms with E-state index in [1.54, 1.807) is 12.1 Å². The molecule has 18 heavy (non-hydrogen) atoms. The summed E-state index contributed by atoms with van der Waals surface area (Å²) in [6, 6.07) is 5.21. The van der Waals surface area contributed by atoms with Crippen molar-refractivity contribution >= 4 is 23.6 Å². The number of halogens is 1. The standard InChI is InChI=1S/C12H14FNO3S/c1-8(15)14-11(12(16)17)7-18-6-9-3-2-4-10(13)5-9/h2-5,11H,6-7H2,1H3,(H,14,15)(H,16,17). The van der Waals surface area contributed by atoms with Gasteiger partial charge < -0.3 is 10.4 Å². The summed E-state index contributed by atoms with van der Waals surface area (Å²) in [4.78, 5) is 21.6. The van der Waals surface area contributed by atoms with Crippen molar-refractivity contribution in [3.05, 3.63) is 35.6 Å². The maximum Gasteiger partial charge on any atom is 0.327 e. The quantitative estimate of drug-likeness (QED) is 0.825. The SMILES string of the molecule is CC(=O)NC(CSCc1cccc(F)c1)C(=O)O. The minimum atomic E-state index is -1.07. The van der Waals surface area contributed by atoms with Crippen LogP contribution in [0.2, 0.25) is 0 Å². The van der Waals surface area contributed by atoms with E-state index in [1.807, 2.05) is 0 Å². The normalized spacial score (nSPS) is 11.9. The van der Waals surface area contributed by atoms with Crippen LogP contribution in [-0.2, 0) is 15.3 Å². The molecule has 0 fully saturated rings. The monoisotopic (exact) mass is 271 g/mol. The Bertz CT molecular complexity index is 439. The topological polar surface area (TPSA) is 66.4 Å². The van der Waals surface area contributed by atoms with Gasteiger partial charge in [0.2, 0.25) is 5.91 Å². The minimum Gasteiger partial charge on any atom is -0.480 e. The van der Waals surface area contributed by atoms with Crippen LogP contribution in [0.1, 0.15) is 12.5 Å². The fourth-order valence-corrected chi connectivity index (χ4v) is 2.34. The van der Waals surface area contributed by atoms with E-state index in [0.717, 1.165) is 5.56 Å². The second-order valence-corrected chi connectivity index (χ2v) is 4.77. The van der Waals surface area contributed by atoms with Crippen LogP contribution in [0.5, 0.6) is 0 Å². The third-order valence-corrected chi connectivity index (χ3v) is 3.22. The molecule has 0 heterocycles. The van der Waals surface area contributed by atoms with Gasteiger partial charge in [0.25, 0.3) is 0 Å². The van der Waals surface area contributed by atoms with Crippen LogP contribution in [-0.4, -0.2) is 28.8 Å². The molecule has 0 spiro atoms. The maximum atomic E-state index is 12.9. The lowest BCUT2D eigenvalue weighted by Gasteiger charge is -2.12. The number of carboxylic acids is 1. The second kappa shape index (κ2) is 7.00. The zero-order chi connectivity index (χ0) is 13.5. The summed E-state index contributed by atoms with van der Waals surface area (Å²) in [5.41, 5.74) is 0.784. The molecule has 0 bridgehead atoms. The largest absolute Gasteiger partial charge is 0.480 e. The zero-order valence-electron chi connectivity index (χ0n) is 9.85. The van der Waals surface area contributed by atoms with Crippen LogP contribution < -0.4 is 5.32 Å². The number of benzene rings is 1. The molecule has 6 heteroatoms. The first-order valence-electron chi connectivity index (χ1n) is 5.31. The number of thioether (sulfide) groups is 1. The van der Waals surface area contributed by atoms with Gasteiger partial charge in [-0.1, -0.05) is 12.1 Å². The van der Waals surface area contributed by atoms with E-state index in [2.05, 4.69) is 5.32 Å². The van der Waals surface area contributed by atoms with Crippen LogP contribution >= 0.6 is 11.8 Å². The number of nitrogens with one attached hydrogen (secondary N) is 1. The summed E-state index contributed by atoms with van der Waals surface area (Å²) >= 11 is 1.33. The molecule has 1 unspecified atom stereocenters. The van der Waals surface area contributed by atoms with E-state index in [4.69, 9.17) is 5.11 Å². The van der Waals surface area contributed by atoms with Crippen LogP contribution in [0.3, 0.4) is 0 Å². The van der Waals surface area contributed by atoms with Crippen molar-refractivity contribution in [2.75, 3.05) is 5.75 Å². The van der Waals surface area contributed by atoms with Gasteiger partial charge in [-0.15, -0.1) is 0 Å².